The van der Waals surface area contributed by atoms with Crippen LogP contribution in [0, 0.1) is 0 Å². The predicted octanol–water partition coefficient (Wildman–Crippen LogP) is 6.82. The van der Waals surface area contributed by atoms with Gasteiger partial charge < -0.3 is 4.42 Å². The lowest BCUT2D eigenvalue weighted by molar-refractivity contribution is 0.620. The maximum absolute atomic E-state index is 6.04. The number of hydrogen-bond acceptors (Lipinski definition) is 2. The van der Waals surface area contributed by atoms with Crippen molar-refractivity contribution in [3.63, 3.8) is 0 Å². The molecule has 0 N–H and O–H groups in total. The third kappa shape index (κ3) is 3.02. The maximum atomic E-state index is 6.04. The standard InChI is InChI=1S/C25H17NO/c1-2-7-18(8-3-1)13-14-19-9-6-11-21(17-19)25-26-24-22-12-5-4-10-20(22)15-16-23(24)27-25/h1-17H. The minimum absolute atomic E-state index is 0.649. The van der Waals surface area contributed by atoms with Crippen molar-refractivity contribution in [2.45, 2.75) is 0 Å². The molecule has 0 atom stereocenters. The molecule has 2 heteroatoms. The van der Waals surface area contributed by atoms with Gasteiger partial charge in [0.25, 0.3) is 0 Å². The fraction of sp³-hybridized carbons (Fsp3) is 0. The van der Waals surface area contributed by atoms with Crippen molar-refractivity contribution in [2.24, 2.45) is 0 Å². The normalized spacial score (nSPS) is 11.6. The summed E-state index contributed by atoms with van der Waals surface area (Å²) in [4.78, 5) is 4.78. The van der Waals surface area contributed by atoms with Crippen LogP contribution >= 0.6 is 0 Å². The molecule has 27 heavy (non-hydrogen) atoms. The molecule has 0 aliphatic carbocycles. The van der Waals surface area contributed by atoms with Crippen molar-refractivity contribution < 1.29 is 4.42 Å². The van der Waals surface area contributed by atoms with Crippen LogP contribution in [0.3, 0.4) is 0 Å². The first-order valence-corrected chi connectivity index (χ1v) is 8.99. The molecule has 0 saturated heterocycles. The van der Waals surface area contributed by atoms with Crippen LogP contribution in [0.25, 0.3) is 45.5 Å². The van der Waals surface area contributed by atoms with Gasteiger partial charge in [0, 0.05) is 10.9 Å². The first-order valence-electron chi connectivity index (χ1n) is 8.99. The Balaban J connectivity index is 1.55. The Morgan fingerprint density at radius 3 is 2.37 bits per heavy atom. The molecular weight excluding hydrogens is 330 g/mol. The lowest BCUT2D eigenvalue weighted by Gasteiger charge is -1.98. The lowest BCUT2D eigenvalue weighted by atomic mass is 10.1. The molecule has 0 fully saturated rings. The van der Waals surface area contributed by atoms with E-state index in [0.29, 0.717) is 5.89 Å². The van der Waals surface area contributed by atoms with Crippen LogP contribution in [0.15, 0.2) is 95.4 Å². The van der Waals surface area contributed by atoms with E-state index in [2.05, 4.69) is 54.6 Å². The minimum Gasteiger partial charge on any atom is -0.436 e. The molecule has 0 saturated carbocycles. The molecule has 0 bridgehead atoms. The zero-order valence-corrected chi connectivity index (χ0v) is 14.7. The van der Waals surface area contributed by atoms with E-state index in [1.165, 1.54) is 10.9 Å². The topological polar surface area (TPSA) is 26.0 Å². The van der Waals surface area contributed by atoms with Gasteiger partial charge in [0.15, 0.2) is 5.58 Å². The van der Waals surface area contributed by atoms with Gasteiger partial charge in [-0.25, -0.2) is 4.98 Å². The number of oxazole rings is 1. The van der Waals surface area contributed by atoms with E-state index in [-0.39, 0.29) is 0 Å². The molecule has 5 aromatic rings. The second-order valence-corrected chi connectivity index (χ2v) is 6.52. The zero-order chi connectivity index (χ0) is 18.1. The van der Waals surface area contributed by atoms with Crippen LogP contribution in [0.1, 0.15) is 11.1 Å². The van der Waals surface area contributed by atoms with Crippen LogP contribution in [0.4, 0.5) is 0 Å². The molecule has 0 aliphatic heterocycles. The van der Waals surface area contributed by atoms with E-state index in [9.17, 15) is 0 Å². The quantitative estimate of drug-likeness (QED) is 0.335. The summed E-state index contributed by atoms with van der Waals surface area (Å²) in [6, 6.07) is 30.9. The van der Waals surface area contributed by atoms with E-state index in [4.69, 9.17) is 9.40 Å². The highest BCUT2D eigenvalue weighted by Crippen LogP contribution is 2.30. The molecule has 2 nitrogen and oxygen atoms in total. The summed E-state index contributed by atoms with van der Waals surface area (Å²) < 4.78 is 6.04. The number of benzene rings is 4. The SMILES string of the molecule is C(=Cc1cccc(-c2nc3c(ccc4ccccc43)o2)c1)c1ccccc1. The smallest absolute Gasteiger partial charge is 0.227 e. The van der Waals surface area contributed by atoms with Gasteiger partial charge in [-0.1, -0.05) is 84.9 Å². The van der Waals surface area contributed by atoms with E-state index in [1.54, 1.807) is 0 Å². The van der Waals surface area contributed by atoms with Crippen molar-refractivity contribution in [1.29, 1.82) is 0 Å². The fourth-order valence-electron chi connectivity index (χ4n) is 3.32. The summed E-state index contributed by atoms with van der Waals surface area (Å²) in [5, 5.41) is 2.29. The molecule has 0 radical (unpaired) electrons. The molecule has 0 unspecified atom stereocenters. The van der Waals surface area contributed by atoms with Crippen LogP contribution in [-0.2, 0) is 0 Å². The van der Waals surface area contributed by atoms with Gasteiger partial charge in [-0.05, 0) is 34.7 Å². The van der Waals surface area contributed by atoms with E-state index in [1.807, 2.05) is 48.5 Å². The van der Waals surface area contributed by atoms with Gasteiger partial charge >= 0.3 is 0 Å². The second-order valence-electron chi connectivity index (χ2n) is 6.52. The molecule has 0 amide bonds. The first-order chi connectivity index (χ1) is 13.4. The van der Waals surface area contributed by atoms with Gasteiger partial charge in [0.2, 0.25) is 5.89 Å². The summed E-state index contributed by atoms with van der Waals surface area (Å²) >= 11 is 0. The number of hydrogen-bond donors (Lipinski definition) is 0. The molecule has 5 rings (SSSR count). The van der Waals surface area contributed by atoms with Crippen LogP contribution in [0.2, 0.25) is 0 Å². The summed E-state index contributed by atoms with van der Waals surface area (Å²) in [5.74, 6) is 0.649. The Kier molecular flexibility index (Phi) is 3.80. The average molecular weight is 347 g/mol. The molecule has 128 valence electrons. The number of aromatic nitrogens is 1. The summed E-state index contributed by atoms with van der Waals surface area (Å²) in [6.07, 6.45) is 4.22. The van der Waals surface area contributed by atoms with Gasteiger partial charge in [-0.2, -0.15) is 0 Å². The van der Waals surface area contributed by atoms with E-state index < -0.39 is 0 Å². The Morgan fingerprint density at radius 2 is 1.44 bits per heavy atom. The summed E-state index contributed by atoms with van der Waals surface area (Å²) in [7, 11) is 0. The monoisotopic (exact) mass is 347 g/mol. The van der Waals surface area contributed by atoms with Gasteiger partial charge in [0.05, 0.1) is 0 Å². The van der Waals surface area contributed by atoms with Gasteiger partial charge in [0.1, 0.15) is 5.52 Å². The number of nitrogens with zero attached hydrogens (tertiary/aromatic N) is 1. The number of fused-ring (bicyclic) bond motifs is 3. The first kappa shape index (κ1) is 15.6. The highest BCUT2D eigenvalue weighted by molar-refractivity contribution is 6.03. The summed E-state index contributed by atoms with van der Waals surface area (Å²) in [6.45, 7) is 0. The van der Waals surface area contributed by atoms with Gasteiger partial charge in [-0.3, -0.25) is 0 Å². The van der Waals surface area contributed by atoms with Crippen LogP contribution in [-0.4, -0.2) is 4.98 Å². The van der Waals surface area contributed by atoms with Crippen molar-refractivity contribution in [3.05, 3.63) is 102 Å². The Morgan fingerprint density at radius 1 is 0.667 bits per heavy atom. The van der Waals surface area contributed by atoms with Gasteiger partial charge in [-0.15, -0.1) is 0 Å². The third-order valence-corrected chi connectivity index (χ3v) is 4.68. The molecule has 4 aromatic carbocycles. The van der Waals surface area contributed by atoms with Crippen molar-refractivity contribution >= 4 is 34.0 Å². The molecule has 1 heterocycles. The van der Waals surface area contributed by atoms with E-state index in [0.717, 1.165) is 27.6 Å². The highest BCUT2D eigenvalue weighted by atomic mass is 16.3. The predicted molar refractivity (Wildman–Crippen MR) is 112 cm³/mol. The molecule has 1 aromatic heterocycles. The Labute approximate surface area is 157 Å². The molecule has 0 aliphatic rings. The van der Waals surface area contributed by atoms with Crippen LogP contribution in [0.5, 0.6) is 0 Å². The maximum Gasteiger partial charge on any atom is 0.227 e. The lowest BCUT2D eigenvalue weighted by Crippen LogP contribution is -1.80. The molecule has 0 spiro atoms. The minimum atomic E-state index is 0.649. The molecular formula is C25H17NO. The second kappa shape index (κ2) is 6.58. The van der Waals surface area contributed by atoms with Crippen molar-refractivity contribution in [3.8, 4) is 11.5 Å². The Bertz CT molecular complexity index is 1270. The number of rotatable bonds is 3. The zero-order valence-electron chi connectivity index (χ0n) is 14.7. The van der Waals surface area contributed by atoms with Crippen molar-refractivity contribution in [1.82, 2.24) is 4.98 Å². The average Bonchev–Trinajstić information content (AvgIpc) is 3.18. The highest BCUT2D eigenvalue weighted by Gasteiger charge is 2.11. The fourth-order valence-corrected chi connectivity index (χ4v) is 3.32. The largest absolute Gasteiger partial charge is 0.436 e. The van der Waals surface area contributed by atoms with E-state index >= 15 is 0 Å². The Hall–Kier alpha value is -3.65. The third-order valence-electron chi connectivity index (χ3n) is 4.68. The summed E-state index contributed by atoms with van der Waals surface area (Å²) in [5.41, 5.74) is 4.99. The van der Waals surface area contributed by atoms with Crippen LogP contribution < -0.4 is 0 Å². The van der Waals surface area contributed by atoms with Crippen molar-refractivity contribution in [2.75, 3.05) is 0 Å².